The number of rotatable bonds is 2. The molecule has 0 saturated carbocycles. The lowest BCUT2D eigenvalue weighted by molar-refractivity contribution is 0.406. The number of benzene rings is 1. The molecule has 1 aromatic carbocycles. The first-order valence-corrected chi connectivity index (χ1v) is 4.90. The highest BCUT2D eigenvalue weighted by Gasteiger charge is 2.09. The molecule has 0 radical (unpaired) electrons. The zero-order valence-corrected chi connectivity index (χ0v) is 9.11. The van der Waals surface area contributed by atoms with Gasteiger partial charge in [0.15, 0.2) is 0 Å². The molecule has 0 bridgehead atoms. The molecule has 0 aliphatic rings. The van der Waals surface area contributed by atoms with Crippen molar-refractivity contribution in [1.29, 1.82) is 0 Å². The second-order valence-electron chi connectivity index (χ2n) is 2.95. The van der Waals surface area contributed by atoms with Crippen molar-refractivity contribution in [2.75, 3.05) is 7.11 Å². The Balaban J connectivity index is 2.58. The molecule has 0 saturated heterocycles. The number of hydrogen-bond acceptors (Lipinski definition) is 4. The summed E-state index contributed by atoms with van der Waals surface area (Å²) >= 11 is 4.32. The van der Waals surface area contributed by atoms with E-state index >= 15 is 0 Å². The fourth-order valence-corrected chi connectivity index (χ4v) is 1.68. The average molecular weight is 218 g/mol. The molecule has 15 heavy (non-hydrogen) atoms. The van der Waals surface area contributed by atoms with Crippen LogP contribution >= 0.6 is 12.6 Å². The molecule has 0 fully saturated rings. The summed E-state index contributed by atoms with van der Waals surface area (Å²) in [5.41, 5.74) is 1.68. The molecular weight excluding hydrogens is 208 g/mol. The van der Waals surface area contributed by atoms with Crippen molar-refractivity contribution in [3.05, 3.63) is 36.8 Å². The van der Waals surface area contributed by atoms with Crippen LogP contribution in [-0.2, 0) is 0 Å². The molecule has 0 N–H and O–H groups in total. The number of methoxy groups -OCH3 is 1. The van der Waals surface area contributed by atoms with Gasteiger partial charge in [-0.2, -0.15) is 0 Å². The van der Waals surface area contributed by atoms with Crippen molar-refractivity contribution in [3.8, 4) is 17.0 Å². The minimum absolute atomic E-state index is 0.723. The lowest BCUT2D eigenvalue weighted by Crippen LogP contribution is -1.91. The summed E-state index contributed by atoms with van der Waals surface area (Å²) in [5.74, 6) is 0.723. The van der Waals surface area contributed by atoms with Gasteiger partial charge in [0, 0.05) is 22.9 Å². The van der Waals surface area contributed by atoms with Gasteiger partial charge in [0.1, 0.15) is 5.75 Å². The maximum absolute atomic E-state index is 5.29. The Morgan fingerprint density at radius 1 is 1.27 bits per heavy atom. The van der Waals surface area contributed by atoms with Crippen LogP contribution in [0.25, 0.3) is 11.3 Å². The third kappa shape index (κ3) is 1.94. The average Bonchev–Trinajstić information content (AvgIpc) is 2.30. The highest BCUT2D eigenvalue weighted by Crippen LogP contribution is 2.33. The van der Waals surface area contributed by atoms with E-state index in [1.807, 2.05) is 18.2 Å². The van der Waals surface area contributed by atoms with Crippen molar-refractivity contribution in [2.24, 2.45) is 0 Å². The fourth-order valence-electron chi connectivity index (χ4n) is 1.38. The summed E-state index contributed by atoms with van der Waals surface area (Å²) in [6.07, 6.45) is 4.99. The molecule has 0 aliphatic carbocycles. The van der Waals surface area contributed by atoms with E-state index in [-0.39, 0.29) is 0 Å². The van der Waals surface area contributed by atoms with E-state index in [1.54, 1.807) is 25.7 Å². The molecule has 0 atom stereocenters. The van der Waals surface area contributed by atoms with Crippen LogP contribution < -0.4 is 4.74 Å². The maximum atomic E-state index is 5.29. The van der Waals surface area contributed by atoms with Crippen molar-refractivity contribution in [2.45, 2.75) is 4.90 Å². The SMILES string of the molecule is COc1c(S)cccc1-c1cnccn1. The molecule has 0 amide bonds. The van der Waals surface area contributed by atoms with Crippen LogP contribution in [0.2, 0.25) is 0 Å². The molecular formula is C11H10N2OS. The standard InChI is InChI=1S/C11H10N2OS/c1-14-11-8(3-2-4-10(11)15)9-7-12-5-6-13-9/h2-7,15H,1H3. The molecule has 1 aromatic heterocycles. The predicted octanol–water partition coefficient (Wildman–Crippen LogP) is 2.44. The molecule has 1 heterocycles. The lowest BCUT2D eigenvalue weighted by atomic mass is 10.1. The van der Waals surface area contributed by atoms with Crippen molar-refractivity contribution in [1.82, 2.24) is 9.97 Å². The van der Waals surface area contributed by atoms with Gasteiger partial charge in [0.2, 0.25) is 0 Å². The van der Waals surface area contributed by atoms with Gasteiger partial charge in [-0.3, -0.25) is 9.97 Å². The Kier molecular flexibility index (Phi) is 2.87. The molecule has 0 unspecified atom stereocenters. The minimum atomic E-state index is 0.723. The Bertz CT molecular complexity index is 459. The van der Waals surface area contributed by atoms with Gasteiger partial charge < -0.3 is 4.74 Å². The summed E-state index contributed by atoms with van der Waals surface area (Å²) in [6.45, 7) is 0. The van der Waals surface area contributed by atoms with Crippen LogP contribution in [0, 0.1) is 0 Å². The van der Waals surface area contributed by atoms with Gasteiger partial charge in [0.25, 0.3) is 0 Å². The summed E-state index contributed by atoms with van der Waals surface area (Å²) in [6, 6.07) is 5.72. The summed E-state index contributed by atoms with van der Waals surface area (Å²) < 4.78 is 5.29. The summed E-state index contributed by atoms with van der Waals surface area (Å²) in [7, 11) is 1.62. The Morgan fingerprint density at radius 2 is 2.13 bits per heavy atom. The first-order valence-electron chi connectivity index (χ1n) is 4.45. The monoisotopic (exact) mass is 218 g/mol. The normalized spacial score (nSPS) is 10.0. The van der Waals surface area contributed by atoms with E-state index in [2.05, 4.69) is 22.6 Å². The first kappa shape index (κ1) is 9.98. The number of ether oxygens (including phenoxy) is 1. The van der Waals surface area contributed by atoms with Crippen LogP contribution in [0.5, 0.6) is 5.75 Å². The number of thiol groups is 1. The molecule has 2 rings (SSSR count). The molecule has 0 spiro atoms. The van der Waals surface area contributed by atoms with Gasteiger partial charge >= 0.3 is 0 Å². The highest BCUT2D eigenvalue weighted by molar-refractivity contribution is 7.80. The zero-order valence-electron chi connectivity index (χ0n) is 8.21. The van der Waals surface area contributed by atoms with E-state index in [9.17, 15) is 0 Å². The van der Waals surface area contributed by atoms with Gasteiger partial charge in [-0.25, -0.2) is 0 Å². The molecule has 2 aromatic rings. The van der Waals surface area contributed by atoms with Gasteiger partial charge in [-0.1, -0.05) is 6.07 Å². The summed E-state index contributed by atoms with van der Waals surface area (Å²) in [4.78, 5) is 9.04. The Labute approximate surface area is 93.6 Å². The van der Waals surface area contributed by atoms with Crippen LogP contribution in [0.1, 0.15) is 0 Å². The van der Waals surface area contributed by atoms with Gasteiger partial charge in [-0.15, -0.1) is 12.6 Å². The van der Waals surface area contributed by atoms with Crippen LogP contribution in [-0.4, -0.2) is 17.1 Å². The van der Waals surface area contributed by atoms with Crippen LogP contribution in [0.3, 0.4) is 0 Å². The fraction of sp³-hybridized carbons (Fsp3) is 0.0909. The number of para-hydroxylation sites is 1. The maximum Gasteiger partial charge on any atom is 0.141 e. The van der Waals surface area contributed by atoms with Crippen molar-refractivity contribution < 1.29 is 4.74 Å². The number of nitrogens with zero attached hydrogens (tertiary/aromatic N) is 2. The van der Waals surface area contributed by atoms with Crippen LogP contribution in [0.4, 0.5) is 0 Å². The number of aromatic nitrogens is 2. The third-order valence-corrected chi connectivity index (χ3v) is 2.39. The number of hydrogen-bond donors (Lipinski definition) is 1. The topological polar surface area (TPSA) is 35.0 Å². The molecule has 0 aliphatic heterocycles. The Morgan fingerprint density at radius 3 is 2.80 bits per heavy atom. The third-order valence-electron chi connectivity index (χ3n) is 2.04. The Hall–Kier alpha value is -1.55. The molecule has 76 valence electrons. The van der Waals surface area contributed by atoms with E-state index in [0.717, 1.165) is 21.9 Å². The quantitative estimate of drug-likeness (QED) is 0.786. The lowest BCUT2D eigenvalue weighted by Gasteiger charge is -2.09. The van der Waals surface area contributed by atoms with E-state index in [0.29, 0.717) is 0 Å². The van der Waals surface area contributed by atoms with Crippen molar-refractivity contribution in [3.63, 3.8) is 0 Å². The molecule has 3 nitrogen and oxygen atoms in total. The van der Waals surface area contributed by atoms with E-state index in [1.165, 1.54) is 0 Å². The summed E-state index contributed by atoms with van der Waals surface area (Å²) in [5, 5.41) is 0. The zero-order chi connectivity index (χ0) is 10.7. The first-order chi connectivity index (χ1) is 7.33. The second kappa shape index (κ2) is 4.31. The minimum Gasteiger partial charge on any atom is -0.495 e. The smallest absolute Gasteiger partial charge is 0.141 e. The van der Waals surface area contributed by atoms with E-state index in [4.69, 9.17) is 4.74 Å². The highest BCUT2D eigenvalue weighted by atomic mass is 32.1. The van der Waals surface area contributed by atoms with Gasteiger partial charge in [0.05, 0.1) is 19.0 Å². The van der Waals surface area contributed by atoms with E-state index < -0.39 is 0 Å². The van der Waals surface area contributed by atoms with Crippen molar-refractivity contribution >= 4 is 12.6 Å². The van der Waals surface area contributed by atoms with Crippen LogP contribution in [0.15, 0.2) is 41.7 Å². The largest absolute Gasteiger partial charge is 0.495 e. The predicted molar refractivity (Wildman–Crippen MR) is 61.3 cm³/mol. The van der Waals surface area contributed by atoms with Gasteiger partial charge in [-0.05, 0) is 12.1 Å². The molecule has 4 heteroatoms. The second-order valence-corrected chi connectivity index (χ2v) is 3.43.